The van der Waals surface area contributed by atoms with Crippen molar-refractivity contribution in [2.45, 2.75) is 64.3 Å². The molecule has 0 saturated carbocycles. The van der Waals surface area contributed by atoms with E-state index in [1.54, 1.807) is 6.26 Å². The summed E-state index contributed by atoms with van der Waals surface area (Å²) in [5.74, 6) is 0.952. The van der Waals surface area contributed by atoms with Crippen LogP contribution in [0.5, 0.6) is 0 Å². The number of hydrogen-bond donors (Lipinski definition) is 1. The molecule has 0 aliphatic carbocycles. The van der Waals surface area contributed by atoms with Crippen LogP contribution in [0.15, 0.2) is 22.8 Å². The van der Waals surface area contributed by atoms with Gasteiger partial charge >= 0.3 is 0 Å². The van der Waals surface area contributed by atoms with Crippen LogP contribution in [0.4, 0.5) is 0 Å². The highest BCUT2D eigenvalue weighted by Crippen LogP contribution is 2.35. The van der Waals surface area contributed by atoms with Crippen molar-refractivity contribution in [3.8, 4) is 0 Å². The van der Waals surface area contributed by atoms with Gasteiger partial charge in [-0.1, -0.05) is 6.92 Å². The van der Waals surface area contributed by atoms with Gasteiger partial charge in [0.15, 0.2) is 0 Å². The predicted molar refractivity (Wildman–Crippen MR) is 80.5 cm³/mol. The molecule has 1 saturated heterocycles. The number of nitrogens with zero attached hydrogens (tertiary/aromatic N) is 1. The molecule has 1 aliphatic rings. The van der Waals surface area contributed by atoms with Gasteiger partial charge in [0.05, 0.1) is 23.5 Å². The van der Waals surface area contributed by atoms with Gasteiger partial charge in [0.25, 0.3) is 0 Å². The topological polar surface area (TPSA) is 51.6 Å². The molecule has 1 aliphatic heterocycles. The Hall–Kier alpha value is -0.840. The van der Waals surface area contributed by atoms with Gasteiger partial charge in [-0.2, -0.15) is 0 Å². The molecule has 2 N–H and O–H groups in total. The fraction of sp³-hybridized carbons (Fsp3) is 0.750. The van der Waals surface area contributed by atoms with Crippen LogP contribution in [0.25, 0.3) is 0 Å². The molecular formula is C16H28N2O2. The lowest BCUT2D eigenvalue weighted by Crippen LogP contribution is -2.59. The Bertz CT molecular complexity index is 410. The highest BCUT2D eigenvalue weighted by atomic mass is 16.5. The minimum Gasteiger partial charge on any atom is -0.468 e. The first-order chi connectivity index (χ1) is 9.24. The molecule has 0 amide bonds. The smallest absolute Gasteiger partial charge is 0.122 e. The summed E-state index contributed by atoms with van der Waals surface area (Å²) in [5.41, 5.74) is 6.01. The molecule has 4 nitrogen and oxygen atoms in total. The van der Waals surface area contributed by atoms with E-state index in [1.807, 2.05) is 12.1 Å². The van der Waals surface area contributed by atoms with Crippen LogP contribution >= 0.6 is 0 Å². The van der Waals surface area contributed by atoms with Crippen molar-refractivity contribution in [3.05, 3.63) is 24.2 Å². The second-order valence-corrected chi connectivity index (χ2v) is 7.06. The first-order valence-corrected chi connectivity index (χ1v) is 7.47. The maximum atomic E-state index is 6.37. The van der Waals surface area contributed by atoms with Gasteiger partial charge in [-0.05, 0) is 46.2 Å². The second-order valence-electron chi connectivity index (χ2n) is 7.06. The fourth-order valence-corrected chi connectivity index (χ4v) is 3.39. The van der Waals surface area contributed by atoms with E-state index in [0.717, 1.165) is 25.3 Å². The molecule has 20 heavy (non-hydrogen) atoms. The monoisotopic (exact) mass is 280 g/mol. The summed E-state index contributed by atoms with van der Waals surface area (Å²) in [6, 6.07) is 4.13. The molecule has 1 aromatic rings. The van der Waals surface area contributed by atoms with Crippen LogP contribution in [0.1, 0.15) is 52.8 Å². The zero-order valence-corrected chi connectivity index (χ0v) is 13.3. The van der Waals surface area contributed by atoms with Crippen molar-refractivity contribution >= 4 is 0 Å². The third-order valence-electron chi connectivity index (χ3n) is 3.83. The zero-order valence-electron chi connectivity index (χ0n) is 13.3. The van der Waals surface area contributed by atoms with Crippen molar-refractivity contribution < 1.29 is 9.15 Å². The summed E-state index contributed by atoms with van der Waals surface area (Å²) in [4.78, 5) is 2.41. The predicted octanol–water partition coefficient (Wildman–Crippen LogP) is 2.95. The lowest BCUT2D eigenvalue weighted by atomic mass is 9.93. The fourth-order valence-electron chi connectivity index (χ4n) is 3.39. The minimum atomic E-state index is -0.181. The summed E-state index contributed by atoms with van der Waals surface area (Å²) in [5, 5.41) is 0. The van der Waals surface area contributed by atoms with Gasteiger partial charge in [0.1, 0.15) is 5.76 Å². The molecule has 2 rings (SSSR count). The summed E-state index contributed by atoms with van der Waals surface area (Å²) in [6.07, 6.45) is 2.64. The SMILES string of the molecule is CCC(N)C(c1ccco1)N1CC(C)(C)OC(C)(C)C1. The molecule has 1 aromatic heterocycles. The van der Waals surface area contributed by atoms with E-state index in [0.29, 0.717) is 0 Å². The molecule has 114 valence electrons. The van der Waals surface area contributed by atoms with Crippen LogP contribution < -0.4 is 5.73 Å². The van der Waals surface area contributed by atoms with Gasteiger partial charge in [0, 0.05) is 19.1 Å². The van der Waals surface area contributed by atoms with Crippen LogP contribution in [0.3, 0.4) is 0 Å². The average Bonchev–Trinajstić information content (AvgIpc) is 2.78. The Morgan fingerprint density at radius 3 is 2.30 bits per heavy atom. The average molecular weight is 280 g/mol. The quantitative estimate of drug-likeness (QED) is 0.921. The Kier molecular flexibility index (Phi) is 4.28. The van der Waals surface area contributed by atoms with E-state index in [1.165, 1.54) is 0 Å². The largest absolute Gasteiger partial charge is 0.468 e. The maximum absolute atomic E-state index is 6.37. The number of furan rings is 1. The Labute approximate surface area is 122 Å². The number of hydrogen-bond acceptors (Lipinski definition) is 4. The first-order valence-electron chi connectivity index (χ1n) is 7.47. The van der Waals surface area contributed by atoms with Crippen LogP contribution in [0.2, 0.25) is 0 Å². The van der Waals surface area contributed by atoms with Crippen molar-refractivity contribution in [1.29, 1.82) is 0 Å². The number of ether oxygens (including phenoxy) is 1. The minimum absolute atomic E-state index is 0.0610. The molecule has 0 bridgehead atoms. The molecule has 0 radical (unpaired) electrons. The lowest BCUT2D eigenvalue weighted by Gasteiger charge is -2.50. The molecule has 0 aromatic carbocycles. The highest BCUT2D eigenvalue weighted by molar-refractivity contribution is 5.09. The normalized spacial score (nSPS) is 25.3. The van der Waals surface area contributed by atoms with Crippen molar-refractivity contribution in [1.82, 2.24) is 4.90 Å². The Morgan fingerprint density at radius 1 is 1.25 bits per heavy atom. The van der Waals surface area contributed by atoms with E-state index < -0.39 is 0 Å². The number of nitrogens with two attached hydrogens (primary N) is 1. The zero-order chi connectivity index (χ0) is 15.0. The van der Waals surface area contributed by atoms with Gasteiger partial charge < -0.3 is 14.9 Å². The van der Waals surface area contributed by atoms with Gasteiger partial charge in [-0.3, -0.25) is 4.90 Å². The molecule has 2 heterocycles. The molecule has 2 atom stereocenters. The van der Waals surface area contributed by atoms with E-state index in [9.17, 15) is 0 Å². The second kappa shape index (κ2) is 5.51. The van der Waals surface area contributed by atoms with Gasteiger partial charge in [-0.15, -0.1) is 0 Å². The summed E-state index contributed by atoms with van der Waals surface area (Å²) < 4.78 is 11.8. The van der Waals surface area contributed by atoms with E-state index >= 15 is 0 Å². The summed E-state index contributed by atoms with van der Waals surface area (Å²) >= 11 is 0. The summed E-state index contributed by atoms with van der Waals surface area (Å²) in [7, 11) is 0. The summed E-state index contributed by atoms with van der Waals surface area (Å²) in [6.45, 7) is 12.4. The highest BCUT2D eigenvalue weighted by Gasteiger charge is 2.42. The molecular weight excluding hydrogens is 252 g/mol. The van der Waals surface area contributed by atoms with Crippen LogP contribution in [-0.2, 0) is 4.74 Å². The van der Waals surface area contributed by atoms with E-state index in [4.69, 9.17) is 14.9 Å². The van der Waals surface area contributed by atoms with Gasteiger partial charge in [-0.25, -0.2) is 0 Å². The standard InChI is InChI=1S/C16H28N2O2/c1-6-12(17)14(13-8-7-9-19-13)18-10-15(2,3)20-16(4,5)11-18/h7-9,12,14H,6,10-11,17H2,1-5H3. The maximum Gasteiger partial charge on any atom is 0.122 e. The molecule has 0 spiro atoms. The van der Waals surface area contributed by atoms with Crippen molar-refractivity contribution in [2.24, 2.45) is 5.73 Å². The first kappa shape index (κ1) is 15.5. The Morgan fingerprint density at radius 2 is 1.85 bits per heavy atom. The molecule has 4 heteroatoms. The molecule has 1 fully saturated rings. The molecule has 2 unspecified atom stereocenters. The lowest BCUT2D eigenvalue weighted by molar-refractivity contribution is -0.190. The van der Waals surface area contributed by atoms with Gasteiger partial charge in [0.2, 0.25) is 0 Å². The van der Waals surface area contributed by atoms with Crippen LogP contribution in [0, 0.1) is 0 Å². The van der Waals surface area contributed by atoms with Crippen LogP contribution in [-0.4, -0.2) is 35.2 Å². The van der Waals surface area contributed by atoms with E-state index in [-0.39, 0.29) is 23.3 Å². The number of rotatable bonds is 4. The van der Waals surface area contributed by atoms with Crippen molar-refractivity contribution in [2.75, 3.05) is 13.1 Å². The van der Waals surface area contributed by atoms with Crippen molar-refractivity contribution in [3.63, 3.8) is 0 Å². The Balaban J connectivity index is 2.29. The van der Waals surface area contributed by atoms with E-state index in [2.05, 4.69) is 39.5 Å². The number of morpholine rings is 1. The third kappa shape index (κ3) is 3.43. The third-order valence-corrected chi connectivity index (χ3v) is 3.83.